The fourth-order valence-electron chi connectivity index (χ4n) is 4.34. The Morgan fingerprint density at radius 2 is 1.63 bits per heavy atom. The van der Waals surface area contributed by atoms with Crippen LogP contribution in [0.15, 0.2) is 71.2 Å². The predicted molar refractivity (Wildman–Crippen MR) is 137 cm³/mol. The summed E-state index contributed by atoms with van der Waals surface area (Å²) in [5.74, 6) is -1.64. The van der Waals surface area contributed by atoms with E-state index < -0.39 is 24.0 Å². The number of carboxylic acid groups (broad SMARTS) is 1. The van der Waals surface area contributed by atoms with Gasteiger partial charge in [0.05, 0.1) is 5.56 Å². The zero-order valence-corrected chi connectivity index (χ0v) is 20.7. The molecule has 0 saturated carbocycles. The van der Waals surface area contributed by atoms with E-state index in [1.807, 2.05) is 43.3 Å². The Labute approximate surface area is 211 Å². The average Bonchev–Trinajstić information content (AvgIpc) is 3.17. The summed E-state index contributed by atoms with van der Waals surface area (Å²) in [4.78, 5) is 36.9. The SMILES string of the molecule is CCC[C@H](NC(=O)OCC1c2ccccc2-c2ccccc21)C(=O)Nc1ccc(Br)c(C(=O)O)c1. The molecule has 0 fully saturated rings. The van der Waals surface area contributed by atoms with Crippen molar-refractivity contribution < 1.29 is 24.2 Å². The van der Waals surface area contributed by atoms with Crippen molar-refractivity contribution in [2.45, 2.75) is 31.7 Å². The average molecular weight is 537 g/mol. The molecule has 0 spiro atoms. The van der Waals surface area contributed by atoms with Crippen molar-refractivity contribution in [3.8, 4) is 11.1 Å². The van der Waals surface area contributed by atoms with Crippen molar-refractivity contribution in [1.29, 1.82) is 0 Å². The molecule has 0 aromatic heterocycles. The van der Waals surface area contributed by atoms with E-state index >= 15 is 0 Å². The fraction of sp³-hybridized carbons (Fsp3) is 0.222. The smallest absolute Gasteiger partial charge is 0.407 e. The number of carboxylic acids is 1. The molecule has 1 atom stereocenters. The molecule has 0 aliphatic heterocycles. The zero-order chi connectivity index (χ0) is 24.9. The van der Waals surface area contributed by atoms with E-state index in [1.165, 1.54) is 6.07 Å². The zero-order valence-electron chi connectivity index (χ0n) is 19.1. The van der Waals surface area contributed by atoms with Crippen LogP contribution >= 0.6 is 15.9 Å². The molecule has 3 aromatic carbocycles. The first-order valence-corrected chi connectivity index (χ1v) is 12.1. The van der Waals surface area contributed by atoms with Crippen LogP contribution in [-0.2, 0) is 9.53 Å². The van der Waals surface area contributed by atoms with E-state index in [2.05, 4.69) is 38.7 Å². The van der Waals surface area contributed by atoms with E-state index in [-0.39, 0.29) is 18.1 Å². The lowest BCUT2D eigenvalue weighted by Gasteiger charge is -2.19. The second-order valence-electron chi connectivity index (χ2n) is 8.30. The number of aromatic carboxylic acids is 1. The highest BCUT2D eigenvalue weighted by Crippen LogP contribution is 2.44. The summed E-state index contributed by atoms with van der Waals surface area (Å²) < 4.78 is 5.98. The number of hydrogen-bond donors (Lipinski definition) is 3. The van der Waals surface area contributed by atoms with Gasteiger partial charge in [-0.15, -0.1) is 0 Å². The minimum Gasteiger partial charge on any atom is -0.478 e. The van der Waals surface area contributed by atoms with Crippen LogP contribution in [0.3, 0.4) is 0 Å². The molecule has 1 aliphatic carbocycles. The van der Waals surface area contributed by atoms with Crippen molar-refractivity contribution in [2.24, 2.45) is 0 Å². The molecule has 3 aromatic rings. The third-order valence-electron chi connectivity index (χ3n) is 5.99. The van der Waals surface area contributed by atoms with E-state index in [1.54, 1.807) is 12.1 Å². The molecule has 0 radical (unpaired) electrons. The predicted octanol–water partition coefficient (Wildman–Crippen LogP) is 5.79. The summed E-state index contributed by atoms with van der Waals surface area (Å²) in [5, 5.41) is 14.6. The lowest BCUT2D eigenvalue weighted by Crippen LogP contribution is -2.44. The molecule has 3 N–H and O–H groups in total. The molecule has 7 nitrogen and oxygen atoms in total. The van der Waals surface area contributed by atoms with E-state index in [0.717, 1.165) is 22.3 Å². The molecule has 180 valence electrons. The Kier molecular flexibility index (Phi) is 7.51. The summed E-state index contributed by atoms with van der Waals surface area (Å²) in [6.45, 7) is 2.05. The Bertz CT molecular complexity index is 1230. The maximum atomic E-state index is 12.9. The van der Waals surface area contributed by atoms with Crippen LogP contribution in [-0.4, -0.2) is 35.7 Å². The van der Waals surface area contributed by atoms with Crippen molar-refractivity contribution in [3.63, 3.8) is 0 Å². The van der Waals surface area contributed by atoms with Crippen LogP contribution in [0.25, 0.3) is 11.1 Å². The number of carbonyl (C=O) groups is 3. The first-order chi connectivity index (χ1) is 16.9. The van der Waals surface area contributed by atoms with Crippen LogP contribution in [0.2, 0.25) is 0 Å². The second kappa shape index (κ2) is 10.7. The van der Waals surface area contributed by atoms with Crippen molar-refractivity contribution >= 4 is 39.6 Å². The normalized spacial score (nSPS) is 12.9. The van der Waals surface area contributed by atoms with Gasteiger partial charge in [0, 0.05) is 16.1 Å². The number of alkyl carbamates (subject to hydrolysis) is 1. The molecule has 0 saturated heterocycles. The topological polar surface area (TPSA) is 105 Å². The van der Waals surface area contributed by atoms with Gasteiger partial charge in [0.2, 0.25) is 5.91 Å². The first-order valence-electron chi connectivity index (χ1n) is 11.3. The van der Waals surface area contributed by atoms with Crippen molar-refractivity contribution in [1.82, 2.24) is 5.32 Å². The summed E-state index contributed by atoms with van der Waals surface area (Å²) in [6.07, 6.45) is 0.378. The largest absolute Gasteiger partial charge is 0.478 e. The Morgan fingerprint density at radius 3 is 2.23 bits per heavy atom. The summed E-state index contributed by atoms with van der Waals surface area (Å²) in [5.41, 5.74) is 4.83. The number of carbonyl (C=O) groups excluding carboxylic acids is 2. The van der Waals surface area contributed by atoms with Crippen LogP contribution < -0.4 is 10.6 Å². The van der Waals surface area contributed by atoms with Crippen LogP contribution in [0.1, 0.15) is 47.2 Å². The van der Waals surface area contributed by atoms with Crippen molar-refractivity contribution in [2.75, 3.05) is 11.9 Å². The number of nitrogens with one attached hydrogen (secondary N) is 2. The number of ether oxygens (including phenoxy) is 1. The number of rotatable bonds is 8. The molecule has 8 heteroatoms. The summed E-state index contributed by atoms with van der Waals surface area (Å²) in [7, 11) is 0. The number of halogens is 1. The lowest BCUT2D eigenvalue weighted by molar-refractivity contribution is -0.118. The van der Waals surface area contributed by atoms with E-state index in [4.69, 9.17) is 4.74 Å². The standard InChI is InChI=1S/C27H25BrN2O5/c1-2-7-24(25(31)29-16-12-13-23(28)21(14-16)26(32)33)30-27(34)35-15-22-19-10-5-3-8-17(19)18-9-4-6-11-20(18)22/h3-6,8-14,22,24H,2,7,15H2,1H3,(H,29,31)(H,30,34)(H,32,33)/t24-/m0/s1. The summed E-state index contributed by atoms with van der Waals surface area (Å²) >= 11 is 3.18. The molecule has 0 heterocycles. The van der Waals surface area contributed by atoms with Gasteiger partial charge in [-0.05, 0) is 62.8 Å². The van der Waals surface area contributed by atoms with E-state index in [9.17, 15) is 19.5 Å². The van der Waals surface area contributed by atoms with Gasteiger partial charge in [0.1, 0.15) is 12.6 Å². The van der Waals surface area contributed by atoms with Crippen LogP contribution in [0, 0.1) is 0 Å². The maximum Gasteiger partial charge on any atom is 0.407 e. The Balaban J connectivity index is 1.41. The molecular formula is C27H25BrN2O5. The molecule has 4 rings (SSSR count). The highest BCUT2D eigenvalue weighted by molar-refractivity contribution is 9.10. The van der Waals surface area contributed by atoms with Gasteiger partial charge in [-0.3, -0.25) is 4.79 Å². The molecule has 35 heavy (non-hydrogen) atoms. The number of benzene rings is 3. The maximum absolute atomic E-state index is 12.9. The monoisotopic (exact) mass is 536 g/mol. The fourth-order valence-corrected chi connectivity index (χ4v) is 4.75. The Morgan fingerprint density at radius 1 is 1.00 bits per heavy atom. The molecule has 2 amide bonds. The summed E-state index contributed by atoms with van der Waals surface area (Å²) in [6, 6.07) is 19.8. The highest BCUT2D eigenvalue weighted by Gasteiger charge is 2.29. The van der Waals surface area contributed by atoms with E-state index in [0.29, 0.717) is 23.0 Å². The number of amides is 2. The molecule has 0 unspecified atom stereocenters. The number of hydrogen-bond acceptors (Lipinski definition) is 4. The van der Waals surface area contributed by atoms with Gasteiger partial charge < -0.3 is 20.5 Å². The van der Waals surface area contributed by atoms with Gasteiger partial charge >= 0.3 is 12.1 Å². The first kappa shape index (κ1) is 24.5. The van der Waals surface area contributed by atoms with Gasteiger partial charge in [0.25, 0.3) is 0 Å². The molecule has 0 bridgehead atoms. The van der Waals surface area contributed by atoms with Gasteiger partial charge in [-0.2, -0.15) is 0 Å². The van der Waals surface area contributed by atoms with Crippen molar-refractivity contribution in [3.05, 3.63) is 87.9 Å². The minimum atomic E-state index is -1.12. The van der Waals surface area contributed by atoms with Crippen LogP contribution in [0.5, 0.6) is 0 Å². The van der Waals surface area contributed by atoms with Gasteiger partial charge in [0.15, 0.2) is 0 Å². The third kappa shape index (κ3) is 5.38. The van der Waals surface area contributed by atoms with Crippen LogP contribution in [0.4, 0.5) is 10.5 Å². The highest BCUT2D eigenvalue weighted by atomic mass is 79.9. The van der Waals surface area contributed by atoms with Gasteiger partial charge in [-0.25, -0.2) is 9.59 Å². The number of anilines is 1. The molecule has 1 aliphatic rings. The second-order valence-corrected chi connectivity index (χ2v) is 9.15. The quantitative estimate of drug-likeness (QED) is 0.337. The Hall–Kier alpha value is -3.65. The third-order valence-corrected chi connectivity index (χ3v) is 6.69. The molecular weight excluding hydrogens is 512 g/mol. The minimum absolute atomic E-state index is 0.0272. The number of fused-ring (bicyclic) bond motifs is 3. The lowest BCUT2D eigenvalue weighted by atomic mass is 9.98. The van der Waals surface area contributed by atoms with Gasteiger partial charge in [-0.1, -0.05) is 61.9 Å².